The first-order valence-electron chi connectivity index (χ1n) is 8.67. The van der Waals surface area contributed by atoms with Gasteiger partial charge in [0, 0.05) is 37.3 Å². The molecule has 4 rings (SSSR count). The summed E-state index contributed by atoms with van der Waals surface area (Å²) in [6, 6.07) is 15.5. The molecule has 0 aliphatic carbocycles. The van der Waals surface area contributed by atoms with Crippen molar-refractivity contribution < 1.29 is 4.74 Å². The lowest BCUT2D eigenvalue weighted by atomic mass is 9.82. The fourth-order valence-electron chi connectivity index (χ4n) is 4.30. The molecule has 2 aliphatic heterocycles. The molecule has 2 bridgehead atoms. The quantitative estimate of drug-likeness (QED) is 0.865. The van der Waals surface area contributed by atoms with Crippen molar-refractivity contribution in [2.45, 2.75) is 24.9 Å². The van der Waals surface area contributed by atoms with Crippen LogP contribution in [0, 0.1) is 17.2 Å². The van der Waals surface area contributed by atoms with E-state index >= 15 is 0 Å². The van der Waals surface area contributed by atoms with Crippen LogP contribution >= 0.6 is 0 Å². The Hall–Kier alpha value is -2.58. The van der Waals surface area contributed by atoms with Gasteiger partial charge in [0.15, 0.2) is 0 Å². The average Bonchev–Trinajstić information content (AvgIpc) is 2.64. The van der Waals surface area contributed by atoms with Crippen LogP contribution in [0.3, 0.4) is 0 Å². The van der Waals surface area contributed by atoms with E-state index in [1.165, 1.54) is 0 Å². The molecule has 0 radical (unpaired) electrons. The van der Waals surface area contributed by atoms with E-state index in [4.69, 9.17) is 4.74 Å². The summed E-state index contributed by atoms with van der Waals surface area (Å²) in [7, 11) is 1.64. The largest absolute Gasteiger partial charge is 0.497 e. The zero-order valence-electron chi connectivity index (χ0n) is 14.3. The Balaban J connectivity index is 1.62. The zero-order valence-corrected chi connectivity index (χ0v) is 14.3. The number of nitrogens with zero attached hydrogens (tertiary/aromatic N) is 3. The van der Waals surface area contributed by atoms with Gasteiger partial charge in [-0.05, 0) is 36.1 Å². The Morgan fingerprint density at radius 2 is 1.96 bits per heavy atom. The number of likely N-dealkylation sites (tertiary alicyclic amines) is 1. The lowest BCUT2D eigenvalue weighted by Crippen LogP contribution is -2.47. The van der Waals surface area contributed by atoms with E-state index in [0.29, 0.717) is 11.8 Å². The van der Waals surface area contributed by atoms with Crippen LogP contribution in [0.25, 0.3) is 0 Å². The van der Waals surface area contributed by atoms with Gasteiger partial charge >= 0.3 is 0 Å². The molecular weight excluding hydrogens is 314 g/mol. The Bertz CT molecular complexity index is 866. The number of nitriles is 1. The van der Waals surface area contributed by atoms with Crippen LogP contribution in [-0.4, -0.2) is 29.7 Å². The molecule has 0 spiro atoms. The Morgan fingerprint density at radius 1 is 1.16 bits per heavy atom. The number of fused-ring (bicyclic) bond motifs is 4. The number of methoxy groups -OCH3 is 1. The Labute approximate surface area is 147 Å². The zero-order chi connectivity index (χ0) is 17.4. The first kappa shape index (κ1) is 15.9. The van der Waals surface area contributed by atoms with Crippen LogP contribution in [-0.2, 0) is 6.54 Å². The summed E-state index contributed by atoms with van der Waals surface area (Å²) >= 11 is 0. The van der Waals surface area contributed by atoms with E-state index in [1.54, 1.807) is 13.2 Å². The highest BCUT2D eigenvalue weighted by molar-refractivity contribution is 5.32. The van der Waals surface area contributed by atoms with Crippen molar-refractivity contribution in [3.05, 3.63) is 64.1 Å². The summed E-state index contributed by atoms with van der Waals surface area (Å²) in [4.78, 5) is 14.4. The summed E-state index contributed by atoms with van der Waals surface area (Å²) in [5, 5.41) is 9.78. The number of ether oxygens (including phenoxy) is 1. The molecule has 0 amide bonds. The third kappa shape index (κ3) is 2.83. The van der Waals surface area contributed by atoms with Crippen LogP contribution in [0.2, 0.25) is 0 Å². The fourth-order valence-corrected chi connectivity index (χ4v) is 4.30. The van der Waals surface area contributed by atoms with Crippen molar-refractivity contribution >= 4 is 0 Å². The molecule has 0 N–H and O–H groups in total. The van der Waals surface area contributed by atoms with Crippen molar-refractivity contribution in [3.8, 4) is 11.8 Å². The minimum atomic E-state index is -0.266. The van der Waals surface area contributed by atoms with Gasteiger partial charge in [0.25, 0.3) is 5.56 Å². The van der Waals surface area contributed by atoms with Gasteiger partial charge in [-0.25, -0.2) is 0 Å². The van der Waals surface area contributed by atoms with E-state index in [9.17, 15) is 10.1 Å². The molecule has 1 fully saturated rings. The second-order valence-corrected chi connectivity index (χ2v) is 6.96. The predicted molar refractivity (Wildman–Crippen MR) is 94.5 cm³/mol. The minimum Gasteiger partial charge on any atom is -0.497 e. The minimum absolute atomic E-state index is 0.0904. The van der Waals surface area contributed by atoms with Crippen molar-refractivity contribution in [1.29, 1.82) is 5.26 Å². The van der Waals surface area contributed by atoms with Gasteiger partial charge < -0.3 is 9.30 Å². The number of benzene rings is 1. The Morgan fingerprint density at radius 3 is 2.68 bits per heavy atom. The van der Waals surface area contributed by atoms with E-state index in [-0.39, 0.29) is 11.6 Å². The summed E-state index contributed by atoms with van der Waals surface area (Å²) < 4.78 is 7.13. The normalized spacial score (nSPS) is 23.4. The molecule has 25 heavy (non-hydrogen) atoms. The average molecular weight is 335 g/mol. The molecule has 1 saturated heterocycles. The van der Waals surface area contributed by atoms with E-state index < -0.39 is 0 Å². The van der Waals surface area contributed by atoms with Crippen LogP contribution in [0.15, 0.2) is 47.3 Å². The van der Waals surface area contributed by atoms with E-state index in [0.717, 1.165) is 43.1 Å². The summed E-state index contributed by atoms with van der Waals surface area (Å²) in [6.07, 6.45) is 1.10. The third-order valence-corrected chi connectivity index (χ3v) is 5.43. The van der Waals surface area contributed by atoms with Gasteiger partial charge in [-0.2, -0.15) is 5.26 Å². The number of hydrogen-bond donors (Lipinski definition) is 0. The van der Waals surface area contributed by atoms with Gasteiger partial charge in [0.1, 0.15) is 11.8 Å². The molecule has 2 aromatic rings. The topological polar surface area (TPSA) is 58.3 Å². The lowest BCUT2D eigenvalue weighted by Gasteiger charge is -2.44. The number of aromatic nitrogens is 1. The standard InChI is InChI=1S/C20H21N3O2/c1-25-17-7-5-15(6-8-17)19(10-21)22-11-14-9-16(13-22)18-3-2-4-20(24)23(18)12-14/h2-8,14,16,19H,9,11-13H2,1H3. The van der Waals surface area contributed by atoms with Crippen LogP contribution in [0.5, 0.6) is 5.75 Å². The second kappa shape index (κ2) is 6.38. The van der Waals surface area contributed by atoms with Crippen LogP contribution in [0.4, 0.5) is 0 Å². The van der Waals surface area contributed by atoms with Gasteiger partial charge in [-0.3, -0.25) is 9.69 Å². The molecule has 5 heteroatoms. The Kier molecular flexibility index (Phi) is 4.06. The lowest BCUT2D eigenvalue weighted by molar-refractivity contribution is 0.100. The first-order valence-corrected chi connectivity index (χ1v) is 8.67. The third-order valence-electron chi connectivity index (χ3n) is 5.43. The maximum absolute atomic E-state index is 12.1. The highest BCUT2D eigenvalue weighted by atomic mass is 16.5. The monoisotopic (exact) mass is 335 g/mol. The smallest absolute Gasteiger partial charge is 0.250 e. The highest BCUT2D eigenvalue weighted by Gasteiger charge is 2.37. The van der Waals surface area contributed by atoms with Crippen LogP contribution in [0.1, 0.15) is 29.6 Å². The molecule has 128 valence electrons. The molecule has 2 aliphatic rings. The summed E-state index contributed by atoms with van der Waals surface area (Å²) in [6.45, 7) is 2.41. The van der Waals surface area contributed by atoms with Gasteiger partial charge in [-0.15, -0.1) is 0 Å². The molecule has 0 saturated carbocycles. The second-order valence-electron chi connectivity index (χ2n) is 6.96. The molecule has 5 nitrogen and oxygen atoms in total. The van der Waals surface area contributed by atoms with Crippen LogP contribution < -0.4 is 10.3 Å². The number of pyridine rings is 1. The predicted octanol–water partition coefficient (Wildman–Crippen LogP) is 2.54. The summed E-state index contributed by atoms with van der Waals surface area (Å²) in [5.74, 6) is 1.53. The molecule has 3 heterocycles. The number of rotatable bonds is 3. The van der Waals surface area contributed by atoms with E-state index in [2.05, 4.69) is 17.0 Å². The van der Waals surface area contributed by atoms with Crippen molar-refractivity contribution in [2.75, 3.05) is 20.2 Å². The molecule has 3 atom stereocenters. The molecular formula is C20H21N3O2. The number of hydrogen-bond acceptors (Lipinski definition) is 4. The van der Waals surface area contributed by atoms with Crippen molar-refractivity contribution in [2.24, 2.45) is 5.92 Å². The highest BCUT2D eigenvalue weighted by Crippen LogP contribution is 2.38. The molecule has 3 unspecified atom stereocenters. The number of piperidine rings is 1. The fraction of sp³-hybridized carbons (Fsp3) is 0.400. The molecule has 1 aromatic carbocycles. The SMILES string of the molecule is COc1ccc(C(C#N)N2CC3CC(C2)c2cccc(=O)n2C3)cc1. The van der Waals surface area contributed by atoms with Crippen molar-refractivity contribution in [1.82, 2.24) is 9.47 Å². The maximum atomic E-state index is 12.1. The van der Waals surface area contributed by atoms with Gasteiger partial charge in [0.05, 0.1) is 13.2 Å². The first-order chi connectivity index (χ1) is 12.2. The maximum Gasteiger partial charge on any atom is 0.250 e. The van der Waals surface area contributed by atoms with E-state index in [1.807, 2.05) is 34.9 Å². The summed E-state index contributed by atoms with van der Waals surface area (Å²) in [5.41, 5.74) is 2.20. The van der Waals surface area contributed by atoms with Crippen molar-refractivity contribution in [3.63, 3.8) is 0 Å². The molecule has 1 aromatic heterocycles. The van der Waals surface area contributed by atoms with Gasteiger partial charge in [0.2, 0.25) is 0 Å². The van der Waals surface area contributed by atoms with Gasteiger partial charge in [-0.1, -0.05) is 18.2 Å².